The minimum absolute atomic E-state index is 0.000900. The Morgan fingerprint density at radius 3 is 1.59 bits per heavy atom. The quantitative estimate of drug-likeness (QED) is 0.0136. The number of carbonyl (C=O) groups is 3. The summed E-state index contributed by atoms with van der Waals surface area (Å²) in [5, 5.41) is 28.1. The molecule has 6 rings (SSSR count). The molecule has 0 unspecified atom stereocenters. The van der Waals surface area contributed by atoms with Crippen molar-refractivity contribution in [2.45, 2.75) is 81.3 Å². The number of nitrogens with zero attached hydrogens (tertiary/aromatic N) is 2. The Labute approximate surface area is 414 Å². The molecule has 0 aliphatic carbocycles. The monoisotopic (exact) mass is 1010 g/mol. The molecule has 0 bridgehead atoms. The largest absolute Gasteiger partial charge is 0.482 e. The number of hydrogen-bond acceptors (Lipinski definition) is 15. The first kappa shape index (κ1) is 54.3. The Morgan fingerprint density at radius 1 is 0.606 bits per heavy atom. The van der Waals surface area contributed by atoms with Gasteiger partial charge in [-0.15, -0.1) is 9.32 Å². The highest BCUT2D eigenvalue weighted by Gasteiger charge is 2.24. The van der Waals surface area contributed by atoms with Gasteiger partial charge in [0.2, 0.25) is 5.91 Å². The maximum absolute atomic E-state index is 13.1. The van der Waals surface area contributed by atoms with E-state index >= 15 is 0 Å². The highest BCUT2D eigenvalue weighted by atomic mass is 32.2. The molecule has 0 aromatic heterocycles. The van der Waals surface area contributed by atoms with Crippen molar-refractivity contribution in [2.75, 3.05) is 10.6 Å². The fourth-order valence-corrected chi connectivity index (χ4v) is 8.34. The van der Waals surface area contributed by atoms with Crippen LogP contribution in [0.1, 0.15) is 90.1 Å². The standard InChI is InChI=1S/C30H35N3O7S.C20H17N3O6S/c1-2-3-4-5-6-7-11-18-29(34)32-41(38,39)28-17-13-12-16-25(28)31-30(35)24-19-20-26(33(36)37)27(21-24)40-22-23-14-9-8-10-15-23;21-28-29-30-19-9-5-4-8-16(19)22-20(24)15-10-11-17(23(25)26)18(12-15)27-13-14-6-2-1-3-7-14/h8-10,12-17,19-21H,2-7,11,18,22H2,1H3,(H,31,35)(H,32,34);1-12H,13,21H2,(H,22,24). The van der Waals surface area contributed by atoms with Crippen molar-refractivity contribution >= 4 is 62.5 Å². The average Bonchev–Trinajstić information content (AvgIpc) is 3.37. The lowest BCUT2D eigenvalue weighted by Crippen LogP contribution is -2.31. The molecule has 21 heteroatoms. The van der Waals surface area contributed by atoms with Gasteiger partial charge in [0, 0.05) is 41.8 Å². The summed E-state index contributed by atoms with van der Waals surface area (Å²) < 4.78 is 44.0. The van der Waals surface area contributed by atoms with E-state index in [0.717, 1.165) is 61.3 Å². The zero-order valence-electron chi connectivity index (χ0n) is 38.5. The van der Waals surface area contributed by atoms with E-state index < -0.39 is 37.6 Å². The van der Waals surface area contributed by atoms with Crippen molar-refractivity contribution in [1.29, 1.82) is 0 Å². The molecule has 0 saturated heterocycles. The third kappa shape index (κ3) is 17.3. The van der Waals surface area contributed by atoms with Crippen LogP contribution in [0.15, 0.2) is 155 Å². The third-order valence-corrected chi connectivity index (χ3v) is 12.4. The summed E-state index contributed by atoms with van der Waals surface area (Å²) in [7, 11) is -4.27. The number of amides is 3. The van der Waals surface area contributed by atoms with E-state index in [4.69, 9.17) is 15.4 Å². The van der Waals surface area contributed by atoms with Crippen molar-refractivity contribution in [1.82, 2.24) is 4.72 Å². The van der Waals surface area contributed by atoms with Gasteiger partial charge in [-0.3, -0.25) is 34.6 Å². The molecule has 6 aromatic rings. The number of rotatable bonds is 25. The minimum atomic E-state index is -4.27. The zero-order valence-corrected chi connectivity index (χ0v) is 40.2. The summed E-state index contributed by atoms with van der Waals surface area (Å²) in [6.07, 6.45) is 7.09. The first-order valence-electron chi connectivity index (χ1n) is 22.3. The Morgan fingerprint density at radius 2 is 1.07 bits per heavy atom. The number of ether oxygens (including phenoxy) is 2. The van der Waals surface area contributed by atoms with E-state index in [9.17, 15) is 43.0 Å². The second-order valence-electron chi connectivity index (χ2n) is 15.5. The summed E-state index contributed by atoms with van der Waals surface area (Å²) in [5.74, 6) is 2.94. The zero-order chi connectivity index (χ0) is 51.0. The SMILES string of the molecule is CCCCCCCCCC(=O)NS(=O)(=O)c1ccccc1NC(=O)c1ccc([N+](=O)[O-])c(OCc2ccccc2)c1.NOOSc1ccccc1NC(=O)c1ccc([N+](=O)[O-])c(OCc2ccccc2)c1. The molecule has 0 aliphatic rings. The van der Waals surface area contributed by atoms with Gasteiger partial charge in [0.1, 0.15) is 18.1 Å². The molecule has 0 heterocycles. The molecule has 0 atom stereocenters. The maximum atomic E-state index is 13.1. The number of unbranched alkanes of at least 4 members (excludes halogenated alkanes) is 6. The topological polar surface area (TPSA) is 271 Å². The van der Waals surface area contributed by atoms with Gasteiger partial charge in [-0.25, -0.2) is 13.1 Å². The first-order valence-corrected chi connectivity index (χ1v) is 24.5. The van der Waals surface area contributed by atoms with E-state index in [-0.39, 0.29) is 64.2 Å². The fraction of sp³-hybridized carbons (Fsp3) is 0.220. The molecule has 0 radical (unpaired) electrons. The number of nitro benzene ring substituents is 2. The normalized spacial score (nSPS) is 10.8. The van der Waals surface area contributed by atoms with E-state index in [0.29, 0.717) is 17.0 Å². The lowest BCUT2D eigenvalue weighted by Gasteiger charge is -2.13. The molecule has 0 aliphatic heterocycles. The van der Waals surface area contributed by atoms with Crippen molar-refractivity contribution in [3.05, 3.63) is 188 Å². The van der Waals surface area contributed by atoms with E-state index in [1.807, 2.05) is 36.4 Å². The second-order valence-corrected chi connectivity index (χ2v) is 17.9. The van der Waals surface area contributed by atoms with Crippen molar-refractivity contribution in [3.8, 4) is 11.5 Å². The number of anilines is 2. The molecule has 372 valence electrons. The summed E-state index contributed by atoms with van der Waals surface area (Å²) in [5.41, 5.74) is 1.71. The van der Waals surface area contributed by atoms with Crippen LogP contribution in [0.4, 0.5) is 22.7 Å². The number of nitrogens with one attached hydrogen (secondary N) is 3. The van der Waals surface area contributed by atoms with Gasteiger partial charge < -0.3 is 20.1 Å². The van der Waals surface area contributed by atoms with Crippen LogP contribution in [-0.2, 0) is 37.4 Å². The van der Waals surface area contributed by atoms with Crippen LogP contribution in [0.25, 0.3) is 0 Å². The minimum Gasteiger partial charge on any atom is -0.482 e. The van der Waals surface area contributed by atoms with Crippen LogP contribution in [-0.4, -0.2) is 36.0 Å². The average molecular weight is 1010 g/mol. The molecule has 0 saturated carbocycles. The molecule has 0 fully saturated rings. The summed E-state index contributed by atoms with van der Waals surface area (Å²) in [4.78, 5) is 64.2. The molecule has 5 N–H and O–H groups in total. The Bertz CT molecular complexity index is 2860. The predicted molar refractivity (Wildman–Crippen MR) is 267 cm³/mol. The predicted octanol–water partition coefficient (Wildman–Crippen LogP) is 10.6. The molecule has 19 nitrogen and oxygen atoms in total. The molecular weight excluding hydrogens is 957 g/mol. The van der Waals surface area contributed by atoms with Gasteiger partial charge in [-0.05, 0) is 53.9 Å². The summed E-state index contributed by atoms with van der Waals surface area (Å²) in [6.45, 7) is 2.32. The number of sulfonamides is 1. The third-order valence-electron chi connectivity index (χ3n) is 10.3. The maximum Gasteiger partial charge on any atom is 0.310 e. The van der Waals surface area contributed by atoms with Crippen LogP contribution in [0.3, 0.4) is 0 Å². The number of benzene rings is 6. The summed E-state index contributed by atoms with van der Waals surface area (Å²) >= 11 is 0.824. The Balaban J connectivity index is 0.000000277. The number of hydrogen-bond donors (Lipinski definition) is 4. The molecular formula is C50H52N6O13S2. The van der Waals surface area contributed by atoms with Crippen LogP contribution < -0.4 is 30.7 Å². The molecule has 6 aromatic carbocycles. The Hall–Kier alpha value is -7.69. The van der Waals surface area contributed by atoms with E-state index in [1.54, 1.807) is 54.6 Å². The molecule has 3 amide bonds. The van der Waals surface area contributed by atoms with Crippen LogP contribution in [0.5, 0.6) is 11.5 Å². The van der Waals surface area contributed by atoms with Gasteiger partial charge in [0.15, 0.2) is 11.5 Å². The van der Waals surface area contributed by atoms with Gasteiger partial charge in [0.05, 0.1) is 38.2 Å². The lowest BCUT2D eigenvalue weighted by atomic mass is 10.1. The number of para-hydroxylation sites is 2. The van der Waals surface area contributed by atoms with Crippen LogP contribution in [0.2, 0.25) is 0 Å². The smallest absolute Gasteiger partial charge is 0.310 e. The van der Waals surface area contributed by atoms with Gasteiger partial charge in [-0.2, -0.15) is 5.90 Å². The van der Waals surface area contributed by atoms with Gasteiger partial charge in [-0.1, -0.05) is 130 Å². The molecule has 71 heavy (non-hydrogen) atoms. The van der Waals surface area contributed by atoms with E-state index in [1.165, 1.54) is 55.0 Å². The first-order chi connectivity index (χ1) is 34.3. The number of nitrogens with two attached hydrogens (primary N) is 1. The molecule has 0 spiro atoms. The van der Waals surface area contributed by atoms with Gasteiger partial charge in [0.25, 0.3) is 21.8 Å². The van der Waals surface area contributed by atoms with Crippen molar-refractivity contribution in [2.24, 2.45) is 5.90 Å². The number of nitro groups is 2. The van der Waals surface area contributed by atoms with Crippen molar-refractivity contribution in [3.63, 3.8) is 0 Å². The highest BCUT2D eigenvalue weighted by Crippen LogP contribution is 2.32. The summed E-state index contributed by atoms with van der Waals surface area (Å²) in [6, 6.07) is 38.4. The van der Waals surface area contributed by atoms with Crippen molar-refractivity contribution < 1.29 is 51.4 Å². The fourth-order valence-electron chi connectivity index (χ4n) is 6.70. The van der Waals surface area contributed by atoms with Crippen LogP contribution >= 0.6 is 12.0 Å². The second kappa shape index (κ2) is 28.1. The van der Waals surface area contributed by atoms with Crippen LogP contribution in [0, 0.1) is 20.2 Å². The lowest BCUT2D eigenvalue weighted by molar-refractivity contribution is -0.386. The van der Waals surface area contributed by atoms with E-state index in [2.05, 4.69) is 31.6 Å². The Kier molecular flexibility index (Phi) is 21.5. The van der Waals surface area contributed by atoms with Gasteiger partial charge >= 0.3 is 11.4 Å². The highest BCUT2D eigenvalue weighted by molar-refractivity contribution is 7.94. The number of carbonyl (C=O) groups excluding carboxylic acids is 3.